The third kappa shape index (κ3) is 5.54. The Hall–Kier alpha value is -4.20. The van der Waals surface area contributed by atoms with Gasteiger partial charge in [0.05, 0.1) is 30.5 Å². The van der Waals surface area contributed by atoms with Gasteiger partial charge >= 0.3 is 0 Å². The number of aliphatic hydroxyl groups is 2. The second kappa shape index (κ2) is 11.5. The Labute approximate surface area is 221 Å². The second-order valence-electron chi connectivity index (χ2n) is 9.46. The first-order valence-electron chi connectivity index (χ1n) is 12.8. The van der Waals surface area contributed by atoms with Crippen molar-refractivity contribution in [1.29, 1.82) is 5.26 Å². The third-order valence-electron chi connectivity index (χ3n) is 7.00. The molecular weight excluding hydrogens is 484 g/mol. The minimum atomic E-state index is -0.519. The van der Waals surface area contributed by atoms with Crippen LogP contribution in [0, 0.1) is 11.3 Å². The highest BCUT2D eigenvalue weighted by Gasteiger charge is 2.28. The molecule has 196 valence electrons. The molecule has 2 saturated heterocycles. The van der Waals surface area contributed by atoms with Gasteiger partial charge in [0.25, 0.3) is 0 Å². The highest BCUT2D eigenvalue weighted by Crippen LogP contribution is 2.30. The molecule has 3 heterocycles. The number of aromatic nitrogens is 2. The van der Waals surface area contributed by atoms with Crippen LogP contribution in [0.25, 0.3) is 11.3 Å². The molecule has 0 aliphatic carbocycles. The van der Waals surface area contributed by atoms with Gasteiger partial charge in [0.2, 0.25) is 11.9 Å². The maximum absolute atomic E-state index is 11.7. The molecule has 38 heavy (non-hydrogen) atoms. The molecule has 0 saturated carbocycles. The quantitative estimate of drug-likeness (QED) is 0.415. The molecule has 5 rings (SSSR count). The van der Waals surface area contributed by atoms with Crippen molar-refractivity contribution in [2.75, 3.05) is 43.1 Å². The average Bonchev–Trinajstić information content (AvgIpc) is 3.63. The fourth-order valence-corrected chi connectivity index (χ4v) is 5.05. The van der Waals surface area contributed by atoms with Crippen molar-refractivity contribution in [2.45, 2.75) is 31.4 Å². The molecule has 2 atom stereocenters. The number of aliphatic hydroxyl groups excluding tert-OH is 2. The van der Waals surface area contributed by atoms with Crippen LogP contribution < -0.4 is 15.0 Å². The largest absolute Gasteiger partial charge is 0.487 e. The molecule has 0 spiro atoms. The number of nitrogens with zero attached hydrogens (tertiary/aromatic N) is 5. The monoisotopic (exact) mass is 514 g/mol. The first-order chi connectivity index (χ1) is 18.6. The van der Waals surface area contributed by atoms with E-state index in [1.54, 1.807) is 29.3 Å². The molecule has 2 aliphatic rings. The number of nitriles is 1. The van der Waals surface area contributed by atoms with Crippen LogP contribution in [0.4, 0.5) is 17.3 Å². The fraction of sp³-hybridized carbons (Fsp3) is 0.357. The Morgan fingerprint density at radius 2 is 2.05 bits per heavy atom. The predicted octanol–water partition coefficient (Wildman–Crippen LogP) is 2.69. The van der Waals surface area contributed by atoms with Gasteiger partial charge in [-0.25, -0.2) is 9.97 Å². The number of amides is 1. The number of carbonyl (C=O) groups excluding carboxylic acids is 1. The highest BCUT2D eigenvalue weighted by molar-refractivity contribution is 5.77. The van der Waals surface area contributed by atoms with Crippen LogP contribution in [0.15, 0.2) is 54.7 Å². The highest BCUT2D eigenvalue weighted by atomic mass is 16.5. The minimum absolute atomic E-state index is 0.139. The smallest absolute Gasteiger partial charge is 0.248 e. The molecule has 0 bridgehead atoms. The van der Waals surface area contributed by atoms with Gasteiger partial charge in [-0.05, 0) is 55.3 Å². The molecule has 2 fully saturated rings. The number of hydrogen-bond acceptors (Lipinski definition) is 9. The lowest BCUT2D eigenvalue weighted by atomic mass is 10.1. The van der Waals surface area contributed by atoms with Crippen molar-refractivity contribution in [2.24, 2.45) is 0 Å². The van der Waals surface area contributed by atoms with Crippen molar-refractivity contribution in [3.05, 3.63) is 60.3 Å². The van der Waals surface area contributed by atoms with Crippen molar-refractivity contribution in [3.63, 3.8) is 0 Å². The molecule has 10 nitrogen and oxygen atoms in total. The summed E-state index contributed by atoms with van der Waals surface area (Å²) in [5.41, 5.74) is 3.67. The van der Waals surface area contributed by atoms with E-state index in [-0.39, 0.29) is 24.7 Å². The zero-order valence-corrected chi connectivity index (χ0v) is 21.0. The SMILES string of the molecule is N#Cc1cc(-c2ccnc(Nc3cccc(N4CCC[C@H]4CO)c3)n2)ccc1O[C@@H]1CCN(C(=O)CO)C1. The lowest BCUT2D eigenvalue weighted by Gasteiger charge is -2.25. The Morgan fingerprint density at radius 1 is 1.16 bits per heavy atom. The molecule has 3 N–H and O–H groups in total. The van der Waals surface area contributed by atoms with Gasteiger partial charge in [-0.15, -0.1) is 0 Å². The second-order valence-corrected chi connectivity index (χ2v) is 9.46. The number of carbonyl (C=O) groups is 1. The van der Waals surface area contributed by atoms with Gasteiger partial charge in [-0.2, -0.15) is 5.26 Å². The Balaban J connectivity index is 1.30. The van der Waals surface area contributed by atoms with Gasteiger partial charge in [-0.1, -0.05) is 6.07 Å². The van der Waals surface area contributed by atoms with Crippen LogP contribution in [0.3, 0.4) is 0 Å². The molecule has 2 aromatic carbocycles. The number of benzene rings is 2. The van der Waals surface area contributed by atoms with Crippen molar-refractivity contribution in [1.82, 2.24) is 14.9 Å². The average molecular weight is 515 g/mol. The first-order valence-corrected chi connectivity index (χ1v) is 12.8. The zero-order chi connectivity index (χ0) is 26.5. The Kier molecular flexibility index (Phi) is 7.67. The molecular formula is C28H30N6O4. The zero-order valence-electron chi connectivity index (χ0n) is 21.0. The van der Waals surface area contributed by atoms with Crippen LogP contribution in [0.5, 0.6) is 5.75 Å². The van der Waals surface area contributed by atoms with E-state index in [4.69, 9.17) is 9.84 Å². The molecule has 0 radical (unpaired) electrons. The van der Waals surface area contributed by atoms with Crippen LogP contribution in [0.2, 0.25) is 0 Å². The summed E-state index contributed by atoms with van der Waals surface area (Å²) in [5, 5.41) is 31.8. The summed E-state index contributed by atoms with van der Waals surface area (Å²) in [6, 6.07) is 17.4. The van der Waals surface area contributed by atoms with E-state index in [0.29, 0.717) is 42.5 Å². The van der Waals surface area contributed by atoms with Crippen LogP contribution >= 0.6 is 0 Å². The minimum Gasteiger partial charge on any atom is -0.487 e. The van der Waals surface area contributed by atoms with Gasteiger partial charge in [0.1, 0.15) is 24.5 Å². The van der Waals surface area contributed by atoms with Gasteiger partial charge in [-0.3, -0.25) is 4.79 Å². The number of rotatable bonds is 8. The van der Waals surface area contributed by atoms with E-state index >= 15 is 0 Å². The Morgan fingerprint density at radius 3 is 2.87 bits per heavy atom. The van der Waals surface area contributed by atoms with E-state index in [1.165, 1.54) is 0 Å². The van der Waals surface area contributed by atoms with Crippen molar-refractivity contribution >= 4 is 23.2 Å². The summed E-state index contributed by atoms with van der Waals surface area (Å²) < 4.78 is 6.02. The Bertz CT molecular complexity index is 1340. The number of likely N-dealkylation sites (tertiary alicyclic amines) is 1. The van der Waals surface area contributed by atoms with E-state index in [0.717, 1.165) is 36.3 Å². The lowest BCUT2D eigenvalue weighted by Crippen LogP contribution is -2.32. The topological polar surface area (TPSA) is 135 Å². The normalized spacial score (nSPS) is 18.9. The summed E-state index contributed by atoms with van der Waals surface area (Å²) in [6.07, 6.45) is 4.11. The number of ether oxygens (including phenoxy) is 1. The number of nitrogens with one attached hydrogen (secondary N) is 1. The molecule has 1 aromatic heterocycles. The van der Waals surface area contributed by atoms with Gasteiger partial charge < -0.3 is 30.1 Å². The molecule has 2 aliphatic heterocycles. The number of hydrogen-bond donors (Lipinski definition) is 3. The van der Waals surface area contributed by atoms with Crippen LogP contribution in [0.1, 0.15) is 24.8 Å². The van der Waals surface area contributed by atoms with E-state index < -0.39 is 6.61 Å². The summed E-state index contributed by atoms with van der Waals surface area (Å²) in [4.78, 5) is 24.5. The van der Waals surface area contributed by atoms with E-state index in [2.05, 4.69) is 26.3 Å². The van der Waals surface area contributed by atoms with Crippen molar-refractivity contribution in [3.8, 4) is 23.1 Å². The van der Waals surface area contributed by atoms with E-state index in [9.17, 15) is 15.2 Å². The third-order valence-corrected chi connectivity index (χ3v) is 7.00. The summed E-state index contributed by atoms with van der Waals surface area (Å²) in [5.74, 6) is 0.558. The standard InChI is InChI=1S/C28H30N6O4/c29-15-20-13-19(6-7-26(20)38-24-9-12-33(16-24)27(37)18-36)25-8-10-30-28(32-25)31-21-3-1-4-22(14-21)34-11-2-5-23(34)17-35/h1,3-4,6-8,10,13-14,23-24,35-36H,2,5,9,11-12,16-18H2,(H,30,31,32)/t23-,24+/m0/s1. The summed E-state index contributed by atoms with van der Waals surface area (Å²) in [6.45, 7) is 1.44. The molecule has 1 amide bonds. The molecule has 0 unspecified atom stereocenters. The van der Waals surface area contributed by atoms with Crippen LogP contribution in [-0.4, -0.2) is 76.0 Å². The molecule has 10 heteroatoms. The maximum atomic E-state index is 11.7. The number of anilines is 3. The van der Waals surface area contributed by atoms with Crippen LogP contribution in [-0.2, 0) is 4.79 Å². The van der Waals surface area contributed by atoms with Gasteiger partial charge in [0.15, 0.2) is 0 Å². The van der Waals surface area contributed by atoms with E-state index in [1.807, 2.05) is 30.3 Å². The van der Waals surface area contributed by atoms with Crippen molar-refractivity contribution < 1.29 is 19.7 Å². The lowest BCUT2D eigenvalue weighted by molar-refractivity contribution is -0.133. The predicted molar refractivity (Wildman–Crippen MR) is 142 cm³/mol. The molecule has 3 aromatic rings. The summed E-state index contributed by atoms with van der Waals surface area (Å²) >= 11 is 0. The first kappa shape index (κ1) is 25.4. The maximum Gasteiger partial charge on any atom is 0.248 e. The fourth-order valence-electron chi connectivity index (χ4n) is 5.05. The summed E-state index contributed by atoms with van der Waals surface area (Å²) in [7, 11) is 0. The van der Waals surface area contributed by atoms with Gasteiger partial charge in [0, 0.05) is 42.6 Å².